The second kappa shape index (κ2) is 7.14. The third-order valence-corrected chi connectivity index (χ3v) is 7.42. The molecule has 1 aromatic heterocycles. The molecule has 9 heteroatoms. The maximum absolute atomic E-state index is 13.1. The van der Waals surface area contributed by atoms with Gasteiger partial charge in [-0.15, -0.1) is 11.3 Å². The molecule has 7 nitrogen and oxygen atoms in total. The van der Waals surface area contributed by atoms with Gasteiger partial charge in [0.25, 0.3) is 5.91 Å². The van der Waals surface area contributed by atoms with Crippen molar-refractivity contribution in [2.45, 2.75) is 29.8 Å². The van der Waals surface area contributed by atoms with Gasteiger partial charge in [-0.3, -0.25) is 4.79 Å². The van der Waals surface area contributed by atoms with Crippen LogP contribution in [0.15, 0.2) is 34.5 Å². The van der Waals surface area contributed by atoms with Gasteiger partial charge in [0.15, 0.2) is 0 Å². The molecule has 28 heavy (non-hydrogen) atoms. The molecule has 1 amide bonds. The van der Waals surface area contributed by atoms with E-state index >= 15 is 0 Å². The fourth-order valence-electron chi connectivity index (χ4n) is 4.04. The van der Waals surface area contributed by atoms with Crippen LogP contribution in [-0.4, -0.2) is 46.0 Å². The monoisotopic (exact) mass is 422 g/mol. The Morgan fingerprint density at radius 2 is 2.04 bits per heavy atom. The summed E-state index contributed by atoms with van der Waals surface area (Å²) >= 11 is 1.76. The van der Waals surface area contributed by atoms with Gasteiger partial charge in [0.1, 0.15) is 5.75 Å². The summed E-state index contributed by atoms with van der Waals surface area (Å²) in [6.45, 7) is 1.75. The summed E-state index contributed by atoms with van der Waals surface area (Å²) in [5.41, 5.74) is 1.13. The van der Waals surface area contributed by atoms with E-state index in [0.29, 0.717) is 38.3 Å². The second-order valence-electron chi connectivity index (χ2n) is 7.05. The Labute approximate surface area is 168 Å². The maximum Gasteiger partial charge on any atom is 0.257 e. The summed E-state index contributed by atoms with van der Waals surface area (Å²) in [6, 6.07) is 6.22. The highest BCUT2D eigenvalue weighted by Gasteiger charge is 2.42. The van der Waals surface area contributed by atoms with Crippen molar-refractivity contribution >= 4 is 27.3 Å². The lowest BCUT2D eigenvalue weighted by molar-refractivity contribution is -0.0926. The second-order valence-corrected chi connectivity index (χ2v) is 9.61. The average Bonchev–Trinajstić information content (AvgIpc) is 3.17. The standard InChI is InChI=1S/C19H22N2O5S2/c1-25-16-3-2-13(28(20,23)24)12-14(16)18(22)21-8-6-19(7-9-21)15-5-11-27-17(15)4-10-26-19/h2-3,5,11-12H,4,6-10H2,1H3,(H2,20,23,24). The van der Waals surface area contributed by atoms with Crippen LogP contribution in [0.1, 0.15) is 33.6 Å². The molecule has 2 aromatic rings. The number of nitrogens with zero attached hydrogens (tertiary/aromatic N) is 1. The number of amides is 1. The van der Waals surface area contributed by atoms with Crippen molar-refractivity contribution in [1.82, 2.24) is 4.90 Å². The van der Waals surface area contributed by atoms with Crippen LogP contribution in [-0.2, 0) is 26.8 Å². The SMILES string of the molecule is COc1ccc(S(N)(=O)=O)cc1C(=O)N1CCC2(CC1)OCCc1sccc12. The van der Waals surface area contributed by atoms with Gasteiger partial charge in [-0.2, -0.15) is 0 Å². The van der Waals surface area contributed by atoms with Crippen LogP contribution in [0.5, 0.6) is 5.75 Å². The van der Waals surface area contributed by atoms with E-state index in [1.54, 1.807) is 16.2 Å². The summed E-state index contributed by atoms with van der Waals surface area (Å²) in [6.07, 6.45) is 2.36. The number of thiophene rings is 1. The van der Waals surface area contributed by atoms with E-state index in [-0.39, 0.29) is 22.0 Å². The van der Waals surface area contributed by atoms with Gasteiger partial charge in [0.05, 0.1) is 29.8 Å². The fraction of sp³-hybridized carbons (Fsp3) is 0.421. The number of nitrogens with two attached hydrogens (primary N) is 1. The van der Waals surface area contributed by atoms with Crippen molar-refractivity contribution in [1.29, 1.82) is 0 Å². The first-order valence-electron chi connectivity index (χ1n) is 9.05. The van der Waals surface area contributed by atoms with Gasteiger partial charge in [-0.05, 0) is 48.1 Å². The van der Waals surface area contributed by atoms with Crippen molar-refractivity contribution in [2.75, 3.05) is 26.8 Å². The van der Waals surface area contributed by atoms with E-state index in [1.165, 1.54) is 35.7 Å². The molecule has 1 spiro atoms. The molecule has 1 aromatic carbocycles. The van der Waals surface area contributed by atoms with Gasteiger partial charge in [0, 0.05) is 24.4 Å². The number of sulfonamides is 1. The van der Waals surface area contributed by atoms with Crippen LogP contribution < -0.4 is 9.88 Å². The van der Waals surface area contributed by atoms with E-state index in [0.717, 1.165) is 6.42 Å². The van der Waals surface area contributed by atoms with E-state index < -0.39 is 10.0 Å². The zero-order valence-electron chi connectivity index (χ0n) is 15.5. The summed E-state index contributed by atoms with van der Waals surface area (Å²) in [5, 5.41) is 7.31. The highest BCUT2D eigenvalue weighted by atomic mass is 32.2. The number of likely N-dealkylation sites (tertiary alicyclic amines) is 1. The summed E-state index contributed by atoms with van der Waals surface area (Å²) in [7, 11) is -2.46. The summed E-state index contributed by atoms with van der Waals surface area (Å²) in [5.74, 6) is 0.0604. The normalized spacial score (nSPS) is 18.7. The Morgan fingerprint density at radius 3 is 2.71 bits per heavy atom. The molecule has 0 radical (unpaired) electrons. The maximum atomic E-state index is 13.1. The van der Waals surface area contributed by atoms with E-state index in [9.17, 15) is 13.2 Å². The minimum absolute atomic E-state index is 0.108. The quantitative estimate of drug-likeness (QED) is 0.817. The van der Waals surface area contributed by atoms with Gasteiger partial charge in [-0.1, -0.05) is 0 Å². The Bertz CT molecular complexity index is 1010. The Hall–Kier alpha value is -1.94. The predicted octanol–water partition coefficient (Wildman–Crippen LogP) is 2.11. The zero-order chi connectivity index (χ0) is 19.9. The van der Waals surface area contributed by atoms with Crippen LogP contribution in [0.4, 0.5) is 0 Å². The van der Waals surface area contributed by atoms with Crippen LogP contribution in [0.2, 0.25) is 0 Å². The van der Waals surface area contributed by atoms with Crippen molar-refractivity contribution < 1.29 is 22.7 Å². The first-order valence-corrected chi connectivity index (χ1v) is 11.5. The zero-order valence-corrected chi connectivity index (χ0v) is 17.1. The molecule has 1 fully saturated rings. The lowest BCUT2D eigenvalue weighted by atomic mass is 9.82. The van der Waals surface area contributed by atoms with Gasteiger partial charge < -0.3 is 14.4 Å². The molecule has 2 aliphatic heterocycles. The number of methoxy groups -OCH3 is 1. The molecule has 0 unspecified atom stereocenters. The highest BCUT2D eigenvalue weighted by molar-refractivity contribution is 7.89. The summed E-state index contributed by atoms with van der Waals surface area (Å²) < 4.78 is 34.8. The van der Waals surface area contributed by atoms with Crippen molar-refractivity contribution in [3.05, 3.63) is 45.6 Å². The van der Waals surface area contributed by atoms with E-state index in [4.69, 9.17) is 14.6 Å². The first-order chi connectivity index (χ1) is 13.3. The molecule has 0 atom stereocenters. The molecule has 0 saturated carbocycles. The smallest absolute Gasteiger partial charge is 0.257 e. The first kappa shape index (κ1) is 19.4. The number of carbonyl (C=O) groups excluding carboxylic acids is 1. The fourth-order valence-corrected chi connectivity index (χ4v) is 5.53. The number of ether oxygens (including phenoxy) is 2. The summed E-state index contributed by atoms with van der Waals surface area (Å²) in [4.78, 5) is 16.1. The van der Waals surface area contributed by atoms with Crippen LogP contribution in [0.3, 0.4) is 0 Å². The third kappa shape index (κ3) is 3.32. The molecule has 0 aliphatic carbocycles. The van der Waals surface area contributed by atoms with Crippen LogP contribution >= 0.6 is 11.3 Å². The number of carbonyl (C=O) groups is 1. The molecular formula is C19H22N2O5S2. The van der Waals surface area contributed by atoms with Gasteiger partial charge in [0.2, 0.25) is 10.0 Å². The van der Waals surface area contributed by atoms with Crippen LogP contribution in [0, 0.1) is 0 Å². The number of primary sulfonamides is 1. The minimum atomic E-state index is -3.91. The molecule has 3 heterocycles. The minimum Gasteiger partial charge on any atom is -0.496 e. The lowest BCUT2D eigenvalue weighted by Gasteiger charge is -2.44. The Morgan fingerprint density at radius 1 is 1.29 bits per heavy atom. The van der Waals surface area contributed by atoms with Crippen molar-refractivity contribution in [3.8, 4) is 5.75 Å². The molecule has 150 valence electrons. The lowest BCUT2D eigenvalue weighted by Crippen LogP contribution is -2.48. The van der Waals surface area contributed by atoms with Gasteiger partial charge in [-0.25, -0.2) is 13.6 Å². The average molecular weight is 423 g/mol. The molecule has 2 N–H and O–H groups in total. The number of hydrogen-bond acceptors (Lipinski definition) is 6. The van der Waals surface area contributed by atoms with E-state index in [2.05, 4.69) is 11.4 Å². The number of benzene rings is 1. The molecule has 1 saturated heterocycles. The number of piperidine rings is 1. The Kier molecular flexibility index (Phi) is 4.95. The van der Waals surface area contributed by atoms with Gasteiger partial charge >= 0.3 is 0 Å². The molecule has 4 rings (SSSR count). The molecule has 2 aliphatic rings. The Balaban J connectivity index is 1.57. The molecule has 0 bridgehead atoms. The largest absolute Gasteiger partial charge is 0.496 e. The highest BCUT2D eigenvalue weighted by Crippen LogP contribution is 2.43. The third-order valence-electron chi connectivity index (χ3n) is 5.53. The topological polar surface area (TPSA) is 98.9 Å². The molecular weight excluding hydrogens is 400 g/mol. The van der Waals surface area contributed by atoms with E-state index in [1.807, 2.05) is 0 Å². The van der Waals surface area contributed by atoms with Crippen molar-refractivity contribution in [2.24, 2.45) is 5.14 Å². The predicted molar refractivity (Wildman–Crippen MR) is 105 cm³/mol. The van der Waals surface area contributed by atoms with Crippen LogP contribution in [0.25, 0.3) is 0 Å². The number of hydrogen-bond donors (Lipinski definition) is 1. The van der Waals surface area contributed by atoms with Crippen molar-refractivity contribution in [3.63, 3.8) is 0 Å². The number of fused-ring (bicyclic) bond motifs is 2. The number of rotatable bonds is 3.